The van der Waals surface area contributed by atoms with Gasteiger partial charge < -0.3 is 10.0 Å². The van der Waals surface area contributed by atoms with Crippen LogP contribution in [0.3, 0.4) is 0 Å². The van der Waals surface area contributed by atoms with Gasteiger partial charge in [0.15, 0.2) is 0 Å². The molecule has 45 valence electrons. The van der Waals surface area contributed by atoms with Gasteiger partial charge in [0.05, 0.1) is 6.61 Å². The Morgan fingerprint density at radius 2 is 2.00 bits per heavy atom. The molecule has 0 aliphatic heterocycles. The van der Waals surface area contributed by atoms with Crippen molar-refractivity contribution < 1.29 is 5.11 Å². The Kier molecular flexibility index (Phi) is 11.6. The first-order valence-corrected chi connectivity index (χ1v) is 2.60. The van der Waals surface area contributed by atoms with Crippen molar-refractivity contribution in [2.75, 3.05) is 26.7 Å². The van der Waals surface area contributed by atoms with Crippen molar-refractivity contribution in [2.24, 2.45) is 0 Å². The summed E-state index contributed by atoms with van der Waals surface area (Å²) in [5.74, 6) is 0. The van der Waals surface area contributed by atoms with Crippen molar-refractivity contribution in [1.29, 1.82) is 0 Å². The van der Waals surface area contributed by atoms with Gasteiger partial charge in [-0.25, -0.2) is 0 Å². The molecule has 0 saturated carbocycles. The third kappa shape index (κ3) is 6.92. The molecule has 0 aromatic heterocycles. The smallest absolute Gasteiger partial charge is 0.0558 e. The number of nitrogens with zero attached hydrogens (tertiary/aromatic N) is 1. The van der Waals surface area contributed by atoms with Crippen LogP contribution in [-0.2, 0) is 0 Å². The van der Waals surface area contributed by atoms with E-state index in [-0.39, 0.29) is 36.2 Å². The molecule has 0 aromatic carbocycles. The van der Waals surface area contributed by atoms with E-state index < -0.39 is 0 Å². The molecular formula is C5H13NNaO. The van der Waals surface area contributed by atoms with E-state index in [1.807, 2.05) is 7.05 Å². The average Bonchev–Trinajstić information content (AvgIpc) is 1.68. The summed E-state index contributed by atoms with van der Waals surface area (Å²) in [5.41, 5.74) is 0. The normalized spacial score (nSPS) is 9.00. The molecular weight excluding hydrogens is 113 g/mol. The largest absolute Gasteiger partial charge is 0.395 e. The van der Waals surface area contributed by atoms with Gasteiger partial charge in [0, 0.05) is 36.1 Å². The zero-order valence-corrected chi connectivity index (χ0v) is 8.02. The van der Waals surface area contributed by atoms with Gasteiger partial charge in [-0.2, -0.15) is 0 Å². The predicted molar refractivity (Wildman–Crippen MR) is 36.0 cm³/mol. The van der Waals surface area contributed by atoms with Crippen LogP contribution in [0, 0.1) is 0 Å². The number of hydrogen-bond acceptors (Lipinski definition) is 2. The van der Waals surface area contributed by atoms with Gasteiger partial charge in [0.1, 0.15) is 0 Å². The fourth-order valence-corrected chi connectivity index (χ4v) is 0.329. The van der Waals surface area contributed by atoms with Crippen molar-refractivity contribution in [1.82, 2.24) is 4.90 Å². The van der Waals surface area contributed by atoms with E-state index in [9.17, 15) is 0 Å². The molecule has 1 N–H and O–H groups in total. The van der Waals surface area contributed by atoms with E-state index in [4.69, 9.17) is 5.11 Å². The molecule has 0 unspecified atom stereocenters. The minimum absolute atomic E-state index is 0. The fraction of sp³-hybridized carbons (Fsp3) is 1.00. The molecule has 2 nitrogen and oxygen atoms in total. The van der Waals surface area contributed by atoms with Crippen LogP contribution in [0.4, 0.5) is 0 Å². The zero-order chi connectivity index (χ0) is 5.70. The van der Waals surface area contributed by atoms with E-state index >= 15 is 0 Å². The summed E-state index contributed by atoms with van der Waals surface area (Å²) >= 11 is 0. The van der Waals surface area contributed by atoms with Crippen molar-refractivity contribution in [2.45, 2.75) is 6.92 Å². The van der Waals surface area contributed by atoms with E-state index in [1.54, 1.807) is 0 Å². The van der Waals surface area contributed by atoms with Gasteiger partial charge >= 0.3 is 0 Å². The van der Waals surface area contributed by atoms with Crippen LogP contribution in [0.25, 0.3) is 0 Å². The molecule has 0 atom stereocenters. The Balaban J connectivity index is 0. The summed E-state index contributed by atoms with van der Waals surface area (Å²) in [7, 11) is 1.98. The van der Waals surface area contributed by atoms with Crippen LogP contribution >= 0.6 is 0 Å². The van der Waals surface area contributed by atoms with Crippen LogP contribution in [0.2, 0.25) is 0 Å². The van der Waals surface area contributed by atoms with E-state index in [2.05, 4.69) is 11.8 Å². The number of aliphatic hydroxyl groups is 1. The Labute approximate surface area is 73.2 Å². The maximum Gasteiger partial charge on any atom is 0.0558 e. The first-order valence-electron chi connectivity index (χ1n) is 2.60. The van der Waals surface area contributed by atoms with Crippen molar-refractivity contribution >= 4 is 29.6 Å². The van der Waals surface area contributed by atoms with E-state index in [0.717, 1.165) is 13.1 Å². The summed E-state index contributed by atoms with van der Waals surface area (Å²) in [6.45, 7) is 4.14. The summed E-state index contributed by atoms with van der Waals surface area (Å²) in [5, 5.41) is 8.33. The number of aliphatic hydroxyl groups excluding tert-OH is 1. The topological polar surface area (TPSA) is 23.5 Å². The molecule has 0 aromatic rings. The maximum atomic E-state index is 8.33. The van der Waals surface area contributed by atoms with Crippen molar-refractivity contribution in [3.63, 3.8) is 0 Å². The molecule has 0 aliphatic carbocycles. The third-order valence-electron chi connectivity index (χ3n) is 1.02. The Hall–Kier alpha value is 0.920. The first-order chi connectivity index (χ1) is 3.31. The number of likely N-dealkylation sites (N-methyl/N-ethyl adjacent to an activating group) is 1. The van der Waals surface area contributed by atoms with Crippen molar-refractivity contribution in [3.8, 4) is 0 Å². The first kappa shape index (κ1) is 11.7. The zero-order valence-electron chi connectivity index (χ0n) is 6.02. The van der Waals surface area contributed by atoms with Crippen molar-refractivity contribution in [3.05, 3.63) is 0 Å². The molecule has 0 saturated heterocycles. The van der Waals surface area contributed by atoms with E-state index in [0.29, 0.717) is 0 Å². The van der Waals surface area contributed by atoms with Crippen LogP contribution in [-0.4, -0.2) is 66.3 Å². The number of hydrogen-bond donors (Lipinski definition) is 1. The Morgan fingerprint density at radius 1 is 1.50 bits per heavy atom. The quantitative estimate of drug-likeness (QED) is 0.518. The van der Waals surface area contributed by atoms with E-state index in [1.165, 1.54) is 0 Å². The predicted octanol–water partition coefficient (Wildman–Crippen LogP) is -0.450. The minimum Gasteiger partial charge on any atom is -0.395 e. The molecule has 0 fully saturated rings. The average molecular weight is 126 g/mol. The maximum absolute atomic E-state index is 8.33. The molecule has 1 radical (unpaired) electrons. The molecule has 0 rings (SSSR count). The second kappa shape index (κ2) is 7.92. The monoisotopic (exact) mass is 126 g/mol. The summed E-state index contributed by atoms with van der Waals surface area (Å²) < 4.78 is 0. The summed E-state index contributed by atoms with van der Waals surface area (Å²) in [6, 6.07) is 0. The molecule has 0 amide bonds. The summed E-state index contributed by atoms with van der Waals surface area (Å²) in [6.07, 6.45) is 0. The van der Waals surface area contributed by atoms with Gasteiger partial charge in [-0.15, -0.1) is 0 Å². The molecule has 8 heavy (non-hydrogen) atoms. The molecule has 0 aliphatic rings. The van der Waals surface area contributed by atoms with Crippen LogP contribution in [0.15, 0.2) is 0 Å². The third-order valence-corrected chi connectivity index (χ3v) is 1.02. The second-order valence-corrected chi connectivity index (χ2v) is 1.62. The van der Waals surface area contributed by atoms with Gasteiger partial charge in [-0.1, -0.05) is 6.92 Å². The van der Waals surface area contributed by atoms with Gasteiger partial charge in [0.25, 0.3) is 0 Å². The standard InChI is InChI=1S/C5H13NO.Na/c1-3-6(2)4-5-7;/h7H,3-5H2,1-2H3;. The Bertz CT molecular complexity index is 43.4. The van der Waals surface area contributed by atoms with Gasteiger partial charge in [-0.3, -0.25) is 0 Å². The Morgan fingerprint density at radius 3 is 2.12 bits per heavy atom. The second-order valence-electron chi connectivity index (χ2n) is 1.62. The molecule has 0 spiro atoms. The molecule has 0 bridgehead atoms. The fourth-order valence-electron chi connectivity index (χ4n) is 0.329. The minimum atomic E-state index is 0. The van der Waals surface area contributed by atoms with Gasteiger partial charge in [0.2, 0.25) is 0 Å². The van der Waals surface area contributed by atoms with Gasteiger partial charge in [-0.05, 0) is 13.6 Å². The van der Waals surface area contributed by atoms with Crippen LogP contribution < -0.4 is 0 Å². The summed E-state index contributed by atoms with van der Waals surface area (Å²) in [4.78, 5) is 2.06. The molecule has 0 heterocycles. The molecule has 3 heteroatoms. The van der Waals surface area contributed by atoms with Crippen LogP contribution in [0.1, 0.15) is 6.92 Å². The van der Waals surface area contributed by atoms with Crippen LogP contribution in [0.5, 0.6) is 0 Å². The SMILES string of the molecule is CCN(C)CCO.[Na]. The number of rotatable bonds is 3.